The van der Waals surface area contributed by atoms with E-state index in [4.69, 9.17) is 11.6 Å². The van der Waals surface area contributed by atoms with Crippen molar-refractivity contribution in [2.75, 3.05) is 0 Å². The SMILES string of the molecule is O=S(=O)(O)c1ccc(-c2cc(-c3nc(-c4ccc(Cl)cc4)cc(C(F)(F)F)n3)ccn2)s1. The molecule has 0 atom stereocenters. The van der Waals surface area contributed by atoms with Crippen molar-refractivity contribution in [1.82, 2.24) is 15.0 Å². The van der Waals surface area contributed by atoms with Gasteiger partial charge in [0.15, 0.2) is 5.82 Å². The fourth-order valence-corrected chi connectivity index (χ4v) is 4.55. The minimum atomic E-state index is -4.70. The monoisotopic (exact) mass is 497 g/mol. The van der Waals surface area contributed by atoms with Crippen LogP contribution in [0.2, 0.25) is 5.02 Å². The molecule has 0 fully saturated rings. The fraction of sp³-hybridized carbons (Fsp3) is 0.0500. The third-order valence-electron chi connectivity index (χ3n) is 4.26. The number of pyridine rings is 1. The van der Waals surface area contributed by atoms with Gasteiger partial charge < -0.3 is 0 Å². The Kier molecular flexibility index (Phi) is 5.76. The van der Waals surface area contributed by atoms with Gasteiger partial charge in [0.05, 0.1) is 16.3 Å². The predicted molar refractivity (Wildman–Crippen MR) is 114 cm³/mol. The van der Waals surface area contributed by atoms with Crippen molar-refractivity contribution in [2.45, 2.75) is 10.4 Å². The lowest BCUT2D eigenvalue weighted by Gasteiger charge is -2.11. The van der Waals surface area contributed by atoms with Crippen molar-refractivity contribution in [3.8, 4) is 33.2 Å². The Morgan fingerprint density at radius 3 is 2.25 bits per heavy atom. The second kappa shape index (κ2) is 8.24. The normalized spacial score (nSPS) is 12.2. The highest BCUT2D eigenvalue weighted by Gasteiger charge is 2.34. The molecule has 1 N–H and O–H groups in total. The van der Waals surface area contributed by atoms with Crippen LogP contribution in [0.5, 0.6) is 0 Å². The average Bonchev–Trinajstić information content (AvgIpc) is 3.24. The van der Waals surface area contributed by atoms with Crippen molar-refractivity contribution in [3.63, 3.8) is 0 Å². The first-order valence-corrected chi connectivity index (χ1v) is 11.4. The van der Waals surface area contributed by atoms with Crippen molar-refractivity contribution < 1.29 is 26.1 Å². The standard InChI is InChI=1S/C20H11ClF3N3O3S2/c21-13-3-1-11(2-4-13)14-10-17(20(22,23)24)27-19(26-14)12-7-8-25-15(9-12)16-5-6-18(31-16)32(28,29)30/h1-10H,(H,28,29,30). The molecule has 0 saturated carbocycles. The summed E-state index contributed by atoms with van der Waals surface area (Å²) in [5.41, 5.74) is -0.0961. The molecule has 0 radical (unpaired) electrons. The van der Waals surface area contributed by atoms with Gasteiger partial charge in [0.25, 0.3) is 0 Å². The number of hydrogen-bond donors (Lipinski definition) is 1. The zero-order valence-electron chi connectivity index (χ0n) is 15.7. The smallest absolute Gasteiger partial charge is 0.281 e. The quantitative estimate of drug-likeness (QED) is 0.355. The molecule has 0 spiro atoms. The number of rotatable bonds is 4. The molecule has 0 aliphatic carbocycles. The fourth-order valence-electron chi connectivity index (χ4n) is 2.79. The molecule has 0 aliphatic rings. The van der Waals surface area contributed by atoms with E-state index in [9.17, 15) is 26.1 Å². The average molecular weight is 498 g/mol. The molecule has 3 heterocycles. The van der Waals surface area contributed by atoms with Gasteiger partial charge in [0.2, 0.25) is 0 Å². The van der Waals surface area contributed by atoms with Crippen LogP contribution in [0.25, 0.3) is 33.2 Å². The zero-order valence-corrected chi connectivity index (χ0v) is 18.1. The first kappa shape index (κ1) is 22.3. The maximum atomic E-state index is 13.5. The lowest BCUT2D eigenvalue weighted by atomic mass is 10.1. The largest absolute Gasteiger partial charge is 0.433 e. The van der Waals surface area contributed by atoms with Crippen LogP contribution in [0.4, 0.5) is 13.2 Å². The molecule has 1 aromatic carbocycles. The molecule has 0 amide bonds. The van der Waals surface area contributed by atoms with Gasteiger partial charge in [-0.2, -0.15) is 21.6 Å². The van der Waals surface area contributed by atoms with Gasteiger partial charge in [-0.15, -0.1) is 11.3 Å². The Hall–Kier alpha value is -2.86. The van der Waals surface area contributed by atoms with Crippen LogP contribution >= 0.6 is 22.9 Å². The van der Waals surface area contributed by atoms with E-state index in [1.807, 2.05) is 0 Å². The van der Waals surface area contributed by atoms with E-state index in [2.05, 4.69) is 15.0 Å². The third-order valence-corrected chi connectivity index (χ3v) is 6.94. The van der Waals surface area contributed by atoms with Gasteiger partial charge >= 0.3 is 16.3 Å². The van der Waals surface area contributed by atoms with E-state index in [-0.39, 0.29) is 27.0 Å². The topological polar surface area (TPSA) is 93.0 Å². The maximum Gasteiger partial charge on any atom is 0.433 e. The first-order chi connectivity index (χ1) is 15.0. The lowest BCUT2D eigenvalue weighted by Crippen LogP contribution is -2.10. The Morgan fingerprint density at radius 1 is 0.906 bits per heavy atom. The molecule has 12 heteroatoms. The Morgan fingerprint density at radius 2 is 1.62 bits per heavy atom. The third kappa shape index (κ3) is 4.80. The van der Waals surface area contributed by atoms with Crippen LogP contribution in [0.1, 0.15) is 5.69 Å². The van der Waals surface area contributed by atoms with Gasteiger partial charge in [0.1, 0.15) is 9.90 Å². The summed E-state index contributed by atoms with van der Waals surface area (Å²) < 4.78 is 72.0. The number of halogens is 4. The molecule has 3 aromatic heterocycles. The summed E-state index contributed by atoms with van der Waals surface area (Å²) >= 11 is 6.64. The van der Waals surface area contributed by atoms with Crippen molar-refractivity contribution in [2.24, 2.45) is 0 Å². The van der Waals surface area contributed by atoms with Gasteiger partial charge in [0, 0.05) is 22.3 Å². The maximum absolute atomic E-state index is 13.5. The molecule has 164 valence electrons. The zero-order chi connectivity index (χ0) is 23.1. The first-order valence-electron chi connectivity index (χ1n) is 8.77. The van der Waals surface area contributed by atoms with E-state index in [1.165, 1.54) is 30.5 Å². The summed E-state index contributed by atoms with van der Waals surface area (Å²) in [6, 6.07) is 12.6. The number of aromatic nitrogens is 3. The number of benzene rings is 1. The highest BCUT2D eigenvalue weighted by molar-refractivity contribution is 7.88. The molecule has 0 unspecified atom stereocenters. The van der Waals surface area contributed by atoms with Gasteiger partial charge in [-0.1, -0.05) is 23.7 Å². The van der Waals surface area contributed by atoms with Crippen LogP contribution in [-0.4, -0.2) is 27.9 Å². The van der Waals surface area contributed by atoms with Crippen LogP contribution in [0, 0.1) is 0 Å². The molecule has 0 bridgehead atoms. The van der Waals surface area contributed by atoms with Crippen molar-refractivity contribution in [1.29, 1.82) is 0 Å². The number of alkyl halides is 3. The Bertz CT molecular complexity index is 1410. The van der Waals surface area contributed by atoms with Crippen molar-refractivity contribution >= 4 is 33.1 Å². The second-order valence-electron chi connectivity index (χ2n) is 6.49. The van der Waals surface area contributed by atoms with Gasteiger partial charge in [-0.3, -0.25) is 9.54 Å². The second-order valence-corrected chi connectivity index (χ2v) is 9.66. The van der Waals surface area contributed by atoms with Crippen LogP contribution in [0.3, 0.4) is 0 Å². The van der Waals surface area contributed by atoms with Crippen molar-refractivity contribution in [3.05, 3.63) is 71.5 Å². The Balaban J connectivity index is 1.82. The molecule has 4 aromatic rings. The predicted octanol–water partition coefficient (Wildman–Crippen LogP) is 5.85. The van der Waals surface area contributed by atoms with Crippen LogP contribution < -0.4 is 0 Å². The summed E-state index contributed by atoms with van der Waals surface area (Å²) in [6.45, 7) is 0. The molecular weight excluding hydrogens is 487 g/mol. The lowest BCUT2D eigenvalue weighted by molar-refractivity contribution is -0.141. The molecule has 4 rings (SSSR count). The summed E-state index contributed by atoms with van der Waals surface area (Å²) in [5.74, 6) is -0.181. The van der Waals surface area contributed by atoms with E-state index >= 15 is 0 Å². The van der Waals surface area contributed by atoms with E-state index in [0.29, 0.717) is 15.5 Å². The van der Waals surface area contributed by atoms with Crippen LogP contribution in [0.15, 0.2) is 65.0 Å². The van der Waals surface area contributed by atoms with Gasteiger partial charge in [-0.25, -0.2) is 9.97 Å². The number of hydrogen-bond acceptors (Lipinski definition) is 6. The molecule has 32 heavy (non-hydrogen) atoms. The molecule has 6 nitrogen and oxygen atoms in total. The van der Waals surface area contributed by atoms with E-state index < -0.39 is 22.0 Å². The highest BCUT2D eigenvalue weighted by atomic mass is 35.5. The van der Waals surface area contributed by atoms with Gasteiger partial charge in [-0.05, 0) is 42.5 Å². The summed E-state index contributed by atoms with van der Waals surface area (Å²) in [6.07, 6.45) is -3.35. The molecule has 0 aliphatic heterocycles. The highest BCUT2D eigenvalue weighted by Crippen LogP contribution is 2.34. The number of thiophene rings is 1. The molecular formula is C20H11ClF3N3O3S2. The number of nitrogens with zero attached hydrogens (tertiary/aromatic N) is 3. The van der Waals surface area contributed by atoms with Crippen LogP contribution in [-0.2, 0) is 16.3 Å². The molecule has 0 saturated heterocycles. The van der Waals surface area contributed by atoms with E-state index in [0.717, 1.165) is 17.4 Å². The summed E-state index contributed by atoms with van der Waals surface area (Å²) in [5, 5.41) is 0.429. The summed E-state index contributed by atoms with van der Waals surface area (Å²) in [7, 11) is -4.38. The van der Waals surface area contributed by atoms with E-state index in [1.54, 1.807) is 24.3 Å². The minimum Gasteiger partial charge on any atom is -0.281 e. The summed E-state index contributed by atoms with van der Waals surface area (Å²) in [4.78, 5) is 12.5. The Labute approximate surface area is 189 Å². The minimum absolute atomic E-state index is 0.0575.